The van der Waals surface area contributed by atoms with E-state index >= 15 is 0 Å². The molecule has 0 amide bonds. The van der Waals surface area contributed by atoms with E-state index < -0.39 is 0 Å². The highest BCUT2D eigenvalue weighted by Gasteiger charge is 2.05. The molecule has 17 heavy (non-hydrogen) atoms. The van der Waals surface area contributed by atoms with E-state index in [1.54, 1.807) is 11.3 Å². The van der Waals surface area contributed by atoms with E-state index in [-0.39, 0.29) is 0 Å². The summed E-state index contributed by atoms with van der Waals surface area (Å²) in [6, 6.07) is 10.3. The normalized spacial score (nSPS) is 11.9. The van der Waals surface area contributed by atoms with Gasteiger partial charge in [-0.15, -0.1) is 11.3 Å². The molecule has 2 heteroatoms. The van der Waals surface area contributed by atoms with Crippen LogP contribution in [-0.4, -0.2) is 6.29 Å². The average Bonchev–Trinajstić information content (AvgIpc) is 2.78. The molecule has 0 radical (unpaired) electrons. The minimum atomic E-state index is 0.833. The van der Waals surface area contributed by atoms with E-state index in [0.717, 1.165) is 36.0 Å². The first-order chi connectivity index (χ1) is 8.35. The zero-order valence-corrected chi connectivity index (χ0v) is 10.8. The number of benzene rings is 1. The molecule has 2 aromatic rings. The van der Waals surface area contributed by atoms with Crippen molar-refractivity contribution in [3.05, 3.63) is 41.3 Å². The van der Waals surface area contributed by atoms with Crippen molar-refractivity contribution in [2.45, 2.75) is 26.2 Å². The third kappa shape index (κ3) is 2.83. The van der Waals surface area contributed by atoms with Crippen LogP contribution in [0, 0.1) is 0 Å². The predicted molar refractivity (Wildman–Crippen MR) is 75.4 cm³/mol. The van der Waals surface area contributed by atoms with E-state index in [0.29, 0.717) is 0 Å². The molecule has 1 heterocycles. The largest absolute Gasteiger partial charge is 0.298 e. The summed E-state index contributed by atoms with van der Waals surface area (Å²) in [6.07, 6.45) is 6.32. The number of aldehydes is 1. The molecule has 1 aromatic heterocycles. The van der Waals surface area contributed by atoms with Gasteiger partial charge in [0.2, 0.25) is 0 Å². The third-order valence-electron chi connectivity index (χ3n) is 2.76. The quantitative estimate of drug-likeness (QED) is 0.424. The highest BCUT2D eigenvalue weighted by atomic mass is 32.1. The van der Waals surface area contributed by atoms with Gasteiger partial charge in [0.1, 0.15) is 0 Å². The Morgan fingerprint density at radius 2 is 2.18 bits per heavy atom. The van der Waals surface area contributed by atoms with Crippen molar-refractivity contribution in [1.82, 2.24) is 0 Å². The molecule has 0 fully saturated rings. The zero-order chi connectivity index (χ0) is 12.1. The second-order valence-electron chi connectivity index (χ2n) is 4.07. The van der Waals surface area contributed by atoms with Crippen molar-refractivity contribution in [3.8, 4) is 0 Å². The lowest BCUT2D eigenvalue weighted by atomic mass is 10.1. The van der Waals surface area contributed by atoms with Gasteiger partial charge in [-0.3, -0.25) is 4.79 Å². The Labute approximate surface area is 106 Å². The van der Waals surface area contributed by atoms with Crippen LogP contribution in [0.4, 0.5) is 0 Å². The Hall–Kier alpha value is -1.41. The molecule has 88 valence electrons. The van der Waals surface area contributed by atoms with Crippen molar-refractivity contribution < 1.29 is 4.79 Å². The number of allylic oxidation sites excluding steroid dienone is 2. The summed E-state index contributed by atoms with van der Waals surface area (Å²) in [5.74, 6) is 0. The Morgan fingerprint density at radius 3 is 2.88 bits per heavy atom. The van der Waals surface area contributed by atoms with Crippen LogP contribution >= 0.6 is 11.3 Å². The molecular formula is C15H16OS. The molecule has 0 saturated carbocycles. The van der Waals surface area contributed by atoms with Crippen molar-refractivity contribution in [2.75, 3.05) is 0 Å². The number of unbranched alkanes of at least 4 members (excludes halogenated alkanes) is 2. The Kier molecular flexibility index (Phi) is 4.10. The molecule has 0 atom stereocenters. The fraction of sp³-hybridized carbons (Fsp3) is 0.267. The van der Waals surface area contributed by atoms with Crippen molar-refractivity contribution in [3.63, 3.8) is 0 Å². The fourth-order valence-corrected chi connectivity index (χ4v) is 2.86. The summed E-state index contributed by atoms with van der Waals surface area (Å²) in [5.41, 5.74) is 0.833. The van der Waals surface area contributed by atoms with Crippen LogP contribution in [-0.2, 0) is 4.79 Å². The van der Waals surface area contributed by atoms with Crippen LogP contribution in [0.5, 0.6) is 0 Å². The van der Waals surface area contributed by atoms with Crippen LogP contribution < -0.4 is 0 Å². The Morgan fingerprint density at radius 1 is 1.35 bits per heavy atom. The molecule has 2 rings (SSSR count). The summed E-state index contributed by atoms with van der Waals surface area (Å²) in [6.45, 7) is 2.16. The van der Waals surface area contributed by atoms with Gasteiger partial charge in [-0.1, -0.05) is 44.0 Å². The number of carbonyl (C=O) groups is 1. The van der Waals surface area contributed by atoms with Crippen LogP contribution in [0.2, 0.25) is 0 Å². The molecule has 0 N–H and O–H groups in total. The number of hydrogen-bond donors (Lipinski definition) is 0. The van der Waals surface area contributed by atoms with Crippen LogP contribution in [0.1, 0.15) is 31.1 Å². The summed E-state index contributed by atoms with van der Waals surface area (Å²) in [7, 11) is 0. The van der Waals surface area contributed by atoms with Crippen molar-refractivity contribution in [1.29, 1.82) is 0 Å². The van der Waals surface area contributed by atoms with Gasteiger partial charge in [0.05, 0.1) is 0 Å². The number of fused-ring (bicyclic) bond motifs is 1. The average molecular weight is 244 g/mol. The highest BCUT2D eigenvalue weighted by Crippen LogP contribution is 2.29. The Balaban J connectivity index is 2.30. The SMILES string of the molecule is CCCC/C=C(/C=O)c1cc2ccccc2s1. The predicted octanol–water partition coefficient (Wildman–Crippen LogP) is 4.67. The van der Waals surface area contributed by atoms with Crippen molar-refractivity contribution >= 4 is 33.3 Å². The van der Waals surface area contributed by atoms with Gasteiger partial charge in [0.25, 0.3) is 0 Å². The lowest BCUT2D eigenvalue weighted by Gasteiger charge is -1.95. The van der Waals surface area contributed by atoms with E-state index in [4.69, 9.17) is 0 Å². The van der Waals surface area contributed by atoms with Gasteiger partial charge in [0, 0.05) is 15.2 Å². The Bertz CT molecular complexity index is 504. The summed E-state index contributed by atoms with van der Waals surface area (Å²) >= 11 is 1.69. The molecule has 0 spiro atoms. The number of rotatable bonds is 5. The second kappa shape index (κ2) is 5.78. The van der Waals surface area contributed by atoms with E-state index in [1.165, 1.54) is 10.1 Å². The first kappa shape index (κ1) is 12.1. The first-order valence-electron chi connectivity index (χ1n) is 5.99. The maximum atomic E-state index is 11.1. The van der Waals surface area contributed by atoms with Crippen LogP contribution in [0.3, 0.4) is 0 Å². The van der Waals surface area contributed by atoms with E-state index in [1.807, 2.05) is 12.1 Å². The summed E-state index contributed by atoms with van der Waals surface area (Å²) in [5, 5.41) is 1.22. The van der Waals surface area contributed by atoms with Gasteiger partial charge in [0.15, 0.2) is 6.29 Å². The summed E-state index contributed by atoms with van der Waals surface area (Å²) in [4.78, 5) is 12.2. The van der Waals surface area contributed by atoms with Crippen LogP contribution in [0.25, 0.3) is 15.7 Å². The molecule has 0 bridgehead atoms. The molecule has 0 unspecified atom stereocenters. The fourth-order valence-electron chi connectivity index (χ4n) is 1.79. The van der Waals surface area contributed by atoms with Gasteiger partial charge in [-0.25, -0.2) is 0 Å². The minimum Gasteiger partial charge on any atom is -0.298 e. The van der Waals surface area contributed by atoms with Gasteiger partial charge >= 0.3 is 0 Å². The lowest BCUT2D eigenvalue weighted by Crippen LogP contribution is -1.81. The third-order valence-corrected chi connectivity index (χ3v) is 3.92. The zero-order valence-electron chi connectivity index (χ0n) is 9.98. The molecular weight excluding hydrogens is 228 g/mol. The molecule has 0 aliphatic carbocycles. The molecule has 0 saturated heterocycles. The molecule has 0 aliphatic heterocycles. The molecule has 0 aliphatic rings. The second-order valence-corrected chi connectivity index (χ2v) is 5.15. The monoisotopic (exact) mass is 244 g/mol. The maximum absolute atomic E-state index is 11.1. The smallest absolute Gasteiger partial charge is 0.151 e. The van der Waals surface area contributed by atoms with Crippen molar-refractivity contribution in [2.24, 2.45) is 0 Å². The number of thiophene rings is 1. The number of carbonyl (C=O) groups excluding carboxylic acids is 1. The first-order valence-corrected chi connectivity index (χ1v) is 6.81. The topological polar surface area (TPSA) is 17.1 Å². The minimum absolute atomic E-state index is 0.833. The van der Waals surface area contributed by atoms with Gasteiger partial charge < -0.3 is 0 Å². The number of hydrogen-bond acceptors (Lipinski definition) is 2. The van der Waals surface area contributed by atoms with E-state index in [2.05, 4.69) is 31.2 Å². The van der Waals surface area contributed by atoms with Gasteiger partial charge in [-0.2, -0.15) is 0 Å². The molecule has 1 aromatic carbocycles. The summed E-state index contributed by atoms with van der Waals surface area (Å²) < 4.78 is 1.24. The molecule has 1 nitrogen and oxygen atoms in total. The standard InChI is InChI=1S/C15H16OS/c1-2-3-4-8-13(11-16)15-10-12-7-5-6-9-14(12)17-15/h5-11H,2-4H2,1H3/b13-8-. The van der Waals surface area contributed by atoms with E-state index in [9.17, 15) is 4.79 Å². The van der Waals surface area contributed by atoms with Crippen LogP contribution in [0.15, 0.2) is 36.4 Å². The maximum Gasteiger partial charge on any atom is 0.151 e. The lowest BCUT2D eigenvalue weighted by molar-refractivity contribution is -0.103. The van der Waals surface area contributed by atoms with Gasteiger partial charge in [-0.05, 0) is 23.9 Å². The highest BCUT2D eigenvalue weighted by molar-refractivity contribution is 7.20.